The molecule has 0 aliphatic carbocycles. The Labute approximate surface area is 125 Å². The van der Waals surface area contributed by atoms with Crippen LogP contribution in [0.25, 0.3) is 6.08 Å². The number of allylic oxidation sites excluding steroid dienone is 2. The molecule has 0 atom stereocenters. The van der Waals surface area contributed by atoms with Gasteiger partial charge in [-0.05, 0) is 36.6 Å². The molecule has 0 radical (unpaired) electrons. The molecule has 0 aliphatic heterocycles. The highest BCUT2D eigenvalue weighted by Crippen LogP contribution is 2.34. The van der Waals surface area contributed by atoms with E-state index in [2.05, 4.69) is 6.58 Å². The molecule has 0 bridgehead atoms. The van der Waals surface area contributed by atoms with Crippen LogP contribution in [0.2, 0.25) is 0 Å². The number of methoxy groups -OCH3 is 1. The molecule has 108 valence electrons. The molecule has 1 aromatic carbocycles. The number of nitriles is 2. The average Bonchev–Trinajstić information content (AvgIpc) is 2.51. The first-order valence-electron chi connectivity index (χ1n) is 6.66. The Morgan fingerprint density at radius 3 is 2.57 bits per heavy atom. The Kier molecular flexibility index (Phi) is 6.57. The zero-order chi connectivity index (χ0) is 15.7. The van der Waals surface area contributed by atoms with Gasteiger partial charge < -0.3 is 9.47 Å². The van der Waals surface area contributed by atoms with Gasteiger partial charge in [-0.1, -0.05) is 13.0 Å². The first-order chi connectivity index (χ1) is 10.2. The monoisotopic (exact) mass is 282 g/mol. The third kappa shape index (κ3) is 4.40. The molecule has 0 saturated carbocycles. The third-order valence-corrected chi connectivity index (χ3v) is 2.74. The number of rotatable bonds is 7. The summed E-state index contributed by atoms with van der Waals surface area (Å²) >= 11 is 0. The van der Waals surface area contributed by atoms with Crippen molar-refractivity contribution in [3.63, 3.8) is 0 Å². The van der Waals surface area contributed by atoms with Crippen molar-refractivity contribution >= 4 is 6.08 Å². The zero-order valence-electron chi connectivity index (χ0n) is 12.3. The van der Waals surface area contributed by atoms with Gasteiger partial charge >= 0.3 is 0 Å². The van der Waals surface area contributed by atoms with Crippen molar-refractivity contribution in [3.05, 3.63) is 41.5 Å². The molecule has 1 rings (SSSR count). The van der Waals surface area contributed by atoms with Crippen molar-refractivity contribution in [1.82, 2.24) is 0 Å². The van der Waals surface area contributed by atoms with E-state index in [4.69, 9.17) is 20.0 Å². The predicted molar refractivity (Wildman–Crippen MR) is 81.9 cm³/mol. The maximum Gasteiger partial charge on any atom is 0.164 e. The molecule has 0 amide bonds. The maximum absolute atomic E-state index is 8.84. The number of benzene rings is 1. The minimum Gasteiger partial charge on any atom is -0.493 e. The third-order valence-electron chi connectivity index (χ3n) is 2.74. The molecule has 0 heterocycles. The summed E-state index contributed by atoms with van der Waals surface area (Å²) in [6, 6.07) is 7.33. The predicted octanol–water partition coefficient (Wildman–Crippen LogP) is 3.64. The fraction of sp³-hybridized carbons (Fsp3) is 0.294. The molecule has 0 saturated heterocycles. The van der Waals surface area contributed by atoms with Crippen molar-refractivity contribution in [2.24, 2.45) is 0 Å². The van der Waals surface area contributed by atoms with Crippen LogP contribution in [0, 0.1) is 22.7 Å². The second-order valence-electron chi connectivity index (χ2n) is 4.33. The summed E-state index contributed by atoms with van der Waals surface area (Å²) in [5.41, 5.74) is 1.69. The van der Waals surface area contributed by atoms with Crippen molar-refractivity contribution < 1.29 is 9.47 Å². The quantitative estimate of drug-likeness (QED) is 0.565. The van der Waals surface area contributed by atoms with E-state index in [0.717, 1.165) is 17.5 Å². The number of hydrogen-bond acceptors (Lipinski definition) is 4. The molecule has 1 aromatic rings. The molecule has 4 heteroatoms. The smallest absolute Gasteiger partial charge is 0.164 e. The summed E-state index contributed by atoms with van der Waals surface area (Å²) in [6.45, 7) is 6.36. The van der Waals surface area contributed by atoms with Crippen LogP contribution in [-0.2, 0) is 6.42 Å². The van der Waals surface area contributed by atoms with Crippen molar-refractivity contribution in [2.45, 2.75) is 19.8 Å². The van der Waals surface area contributed by atoms with E-state index >= 15 is 0 Å². The van der Waals surface area contributed by atoms with Crippen molar-refractivity contribution in [2.75, 3.05) is 13.7 Å². The van der Waals surface area contributed by atoms with Crippen LogP contribution in [0.4, 0.5) is 0 Å². The maximum atomic E-state index is 8.84. The SMILES string of the molecule is C=CCc1cc(C=C(C#N)C#N)cc(OC)c1OCCC. The van der Waals surface area contributed by atoms with Crippen LogP contribution in [0.15, 0.2) is 30.4 Å². The summed E-state index contributed by atoms with van der Waals surface area (Å²) in [5.74, 6) is 1.27. The van der Waals surface area contributed by atoms with Crippen LogP contribution in [0.5, 0.6) is 11.5 Å². The van der Waals surface area contributed by atoms with Crippen molar-refractivity contribution in [3.8, 4) is 23.6 Å². The average molecular weight is 282 g/mol. The first kappa shape index (κ1) is 16.3. The Balaban J connectivity index is 3.36. The van der Waals surface area contributed by atoms with Gasteiger partial charge in [0.05, 0.1) is 13.7 Å². The van der Waals surface area contributed by atoms with Crippen LogP contribution < -0.4 is 9.47 Å². The van der Waals surface area contributed by atoms with Crippen LogP contribution >= 0.6 is 0 Å². The van der Waals surface area contributed by atoms with Gasteiger partial charge in [0.25, 0.3) is 0 Å². The minimum absolute atomic E-state index is 0.0452. The van der Waals surface area contributed by atoms with E-state index < -0.39 is 0 Å². The molecule has 0 N–H and O–H groups in total. The Hall–Kier alpha value is -2.72. The second kappa shape index (κ2) is 8.45. The molecule has 0 aliphatic rings. The van der Waals surface area contributed by atoms with Gasteiger partial charge in [0.1, 0.15) is 17.7 Å². The van der Waals surface area contributed by atoms with Crippen molar-refractivity contribution in [1.29, 1.82) is 10.5 Å². The van der Waals surface area contributed by atoms with Crippen LogP contribution in [-0.4, -0.2) is 13.7 Å². The van der Waals surface area contributed by atoms with Gasteiger partial charge in [-0.3, -0.25) is 0 Å². The fourth-order valence-corrected chi connectivity index (χ4v) is 1.85. The minimum atomic E-state index is 0.0452. The van der Waals surface area contributed by atoms with Crippen LogP contribution in [0.1, 0.15) is 24.5 Å². The summed E-state index contributed by atoms with van der Waals surface area (Å²) in [6.07, 6.45) is 4.81. The highest BCUT2D eigenvalue weighted by Gasteiger charge is 2.12. The Morgan fingerprint density at radius 2 is 2.05 bits per heavy atom. The van der Waals surface area contributed by atoms with E-state index in [0.29, 0.717) is 24.5 Å². The molecule has 4 nitrogen and oxygen atoms in total. The second-order valence-corrected chi connectivity index (χ2v) is 4.33. The van der Waals surface area contributed by atoms with Gasteiger partial charge in [0.2, 0.25) is 0 Å². The van der Waals surface area contributed by atoms with E-state index in [9.17, 15) is 0 Å². The molecule has 0 unspecified atom stereocenters. The normalized spacial score (nSPS) is 9.14. The molecule has 0 spiro atoms. The number of ether oxygens (including phenoxy) is 2. The Bertz CT molecular complexity index is 603. The van der Waals surface area contributed by atoms with E-state index in [-0.39, 0.29) is 5.57 Å². The first-order valence-corrected chi connectivity index (χ1v) is 6.66. The molecular formula is C17H18N2O2. The summed E-state index contributed by atoms with van der Waals surface area (Å²) in [7, 11) is 1.56. The lowest BCUT2D eigenvalue weighted by molar-refractivity contribution is 0.291. The largest absolute Gasteiger partial charge is 0.493 e. The topological polar surface area (TPSA) is 66.0 Å². The van der Waals surface area contributed by atoms with E-state index in [1.807, 2.05) is 25.1 Å². The van der Waals surface area contributed by atoms with Crippen LogP contribution in [0.3, 0.4) is 0 Å². The summed E-state index contributed by atoms with van der Waals surface area (Å²) in [5, 5.41) is 17.7. The standard InChI is InChI=1S/C17H18N2O2/c1-4-6-15-9-13(8-14(11-18)12-19)10-16(20-3)17(15)21-7-5-2/h4,8-10H,1,5-7H2,2-3H3. The molecular weight excluding hydrogens is 264 g/mol. The number of hydrogen-bond donors (Lipinski definition) is 0. The highest BCUT2D eigenvalue weighted by molar-refractivity contribution is 5.66. The zero-order valence-corrected chi connectivity index (χ0v) is 12.3. The number of nitrogens with zero attached hydrogens (tertiary/aromatic N) is 2. The van der Waals surface area contributed by atoms with Gasteiger partial charge in [-0.2, -0.15) is 10.5 Å². The molecule has 0 fully saturated rings. The van der Waals surface area contributed by atoms with E-state index in [1.54, 1.807) is 19.3 Å². The summed E-state index contributed by atoms with van der Waals surface area (Å²) < 4.78 is 11.1. The lowest BCUT2D eigenvalue weighted by Gasteiger charge is -2.15. The highest BCUT2D eigenvalue weighted by atomic mass is 16.5. The van der Waals surface area contributed by atoms with E-state index in [1.165, 1.54) is 6.08 Å². The molecule has 21 heavy (non-hydrogen) atoms. The fourth-order valence-electron chi connectivity index (χ4n) is 1.85. The van der Waals surface area contributed by atoms with Gasteiger partial charge in [-0.15, -0.1) is 6.58 Å². The van der Waals surface area contributed by atoms with Gasteiger partial charge in [0, 0.05) is 5.56 Å². The summed E-state index contributed by atoms with van der Waals surface area (Å²) in [4.78, 5) is 0. The van der Waals surface area contributed by atoms with Gasteiger partial charge in [-0.25, -0.2) is 0 Å². The lowest BCUT2D eigenvalue weighted by atomic mass is 10.0. The van der Waals surface area contributed by atoms with Gasteiger partial charge in [0.15, 0.2) is 11.5 Å². The lowest BCUT2D eigenvalue weighted by Crippen LogP contribution is -2.02. The molecule has 0 aromatic heterocycles. The Morgan fingerprint density at radius 1 is 1.33 bits per heavy atom.